The highest BCUT2D eigenvalue weighted by molar-refractivity contribution is 5.96. The molecular weight excluding hydrogens is 560 g/mol. The van der Waals surface area contributed by atoms with Gasteiger partial charge in [0, 0.05) is 23.1 Å². The van der Waals surface area contributed by atoms with Gasteiger partial charge in [0.1, 0.15) is 24.7 Å². The van der Waals surface area contributed by atoms with Crippen LogP contribution < -0.4 is 19.5 Å². The van der Waals surface area contributed by atoms with Gasteiger partial charge < -0.3 is 29.7 Å². The lowest BCUT2D eigenvalue weighted by atomic mass is 9.84. The summed E-state index contributed by atoms with van der Waals surface area (Å²) in [6.07, 6.45) is -5.48. The normalized spacial score (nSPS) is 19.3. The Morgan fingerprint density at radius 1 is 1.14 bits per heavy atom. The summed E-state index contributed by atoms with van der Waals surface area (Å²) in [6.45, 7) is 0.544. The molecule has 2 atom stereocenters. The van der Waals surface area contributed by atoms with Crippen molar-refractivity contribution in [3.8, 4) is 28.5 Å². The van der Waals surface area contributed by atoms with E-state index in [2.05, 4.69) is 10.3 Å². The van der Waals surface area contributed by atoms with E-state index in [1.807, 2.05) is 0 Å². The highest BCUT2D eigenvalue weighted by Crippen LogP contribution is 2.50. The Hall–Kier alpha value is -3.74. The predicted molar refractivity (Wildman–Crippen MR) is 143 cm³/mol. The van der Waals surface area contributed by atoms with Crippen molar-refractivity contribution in [1.29, 1.82) is 0 Å². The molecule has 3 heterocycles. The Balaban J connectivity index is 1.52. The second-order valence-corrected chi connectivity index (χ2v) is 10.4. The molecule has 2 aliphatic heterocycles. The summed E-state index contributed by atoms with van der Waals surface area (Å²) < 4.78 is 74.2. The Kier molecular flexibility index (Phi) is 8.15. The van der Waals surface area contributed by atoms with Crippen molar-refractivity contribution in [2.75, 3.05) is 33.5 Å². The summed E-state index contributed by atoms with van der Waals surface area (Å²) in [6, 6.07) is 10.4. The van der Waals surface area contributed by atoms with Crippen molar-refractivity contribution in [2.45, 2.75) is 43.0 Å². The monoisotopic (exact) mass is 590 g/mol. The fraction of sp³-hybridized carbons (Fsp3) is 0.400. The van der Waals surface area contributed by atoms with E-state index in [0.29, 0.717) is 24.1 Å². The third-order valence-corrected chi connectivity index (χ3v) is 7.75. The van der Waals surface area contributed by atoms with Gasteiger partial charge in [-0.05, 0) is 74.3 Å². The summed E-state index contributed by atoms with van der Waals surface area (Å²) in [5.74, 6) is -0.504. The van der Waals surface area contributed by atoms with Crippen LogP contribution in [0.25, 0.3) is 11.3 Å². The average Bonchev–Trinajstić information content (AvgIpc) is 3.61. The molecule has 2 unspecified atom stereocenters. The van der Waals surface area contributed by atoms with E-state index in [1.165, 1.54) is 43.5 Å². The number of benzene rings is 2. The van der Waals surface area contributed by atoms with Crippen molar-refractivity contribution in [1.82, 2.24) is 10.3 Å². The highest BCUT2D eigenvalue weighted by Gasteiger charge is 2.57. The number of ether oxygens (including phenoxy) is 3. The molecular formula is C30H30F4N2O6. The third-order valence-electron chi connectivity index (χ3n) is 7.75. The van der Waals surface area contributed by atoms with Crippen molar-refractivity contribution < 1.29 is 46.8 Å². The number of alkyl halides is 3. The Labute approximate surface area is 239 Å². The lowest BCUT2D eigenvalue weighted by molar-refractivity contribution is -0.270. The number of ketones is 1. The SMILES string of the molecule is COc1cc(C(=O)CCC(O)(c2cc3c(c(-c4ccc(F)cc4)n2)OCC32CCCN2)C(F)(F)F)ccc1OCCO. The number of pyridine rings is 1. The first-order chi connectivity index (χ1) is 20.0. The number of aliphatic hydroxyl groups excluding tert-OH is 1. The van der Waals surface area contributed by atoms with Crippen LogP contribution in [0.1, 0.15) is 47.3 Å². The zero-order valence-corrected chi connectivity index (χ0v) is 22.8. The first-order valence-electron chi connectivity index (χ1n) is 13.4. The first-order valence-corrected chi connectivity index (χ1v) is 13.4. The second-order valence-electron chi connectivity index (χ2n) is 10.4. The molecule has 0 aliphatic carbocycles. The Morgan fingerprint density at radius 3 is 2.55 bits per heavy atom. The lowest BCUT2D eigenvalue weighted by Crippen LogP contribution is -2.44. The van der Waals surface area contributed by atoms with Gasteiger partial charge in [0.25, 0.3) is 0 Å². The number of carbonyl (C=O) groups is 1. The van der Waals surface area contributed by atoms with E-state index in [-0.39, 0.29) is 48.3 Å². The number of rotatable bonds is 10. The van der Waals surface area contributed by atoms with Gasteiger partial charge in [-0.25, -0.2) is 9.37 Å². The minimum absolute atomic E-state index is 0.0161. The van der Waals surface area contributed by atoms with E-state index in [9.17, 15) is 27.5 Å². The molecule has 2 aliphatic rings. The fourth-order valence-electron chi connectivity index (χ4n) is 5.45. The molecule has 12 heteroatoms. The molecule has 3 aromatic rings. The molecule has 224 valence electrons. The van der Waals surface area contributed by atoms with Crippen LogP contribution in [-0.4, -0.2) is 60.6 Å². The Bertz CT molecular complexity index is 1460. The smallest absolute Gasteiger partial charge is 0.422 e. The van der Waals surface area contributed by atoms with Crippen molar-refractivity contribution >= 4 is 5.78 Å². The number of methoxy groups -OCH3 is 1. The number of aliphatic hydroxyl groups is 2. The molecule has 0 saturated carbocycles. The van der Waals surface area contributed by atoms with Crippen LogP contribution in [0.5, 0.6) is 17.2 Å². The minimum atomic E-state index is -5.19. The van der Waals surface area contributed by atoms with Gasteiger partial charge >= 0.3 is 6.18 Å². The van der Waals surface area contributed by atoms with Gasteiger partial charge in [0.05, 0.1) is 24.9 Å². The molecule has 8 nitrogen and oxygen atoms in total. The van der Waals surface area contributed by atoms with Gasteiger partial charge in [-0.15, -0.1) is 0 Å². The number of hydrogen-bond donors (Lipinski definition) is 3. The van der Waals surface area contributed by atoms with Gasteiger partial charge in [0.15, 0.2) is 23.0 Å². The number of aromatic nitrogens is 1. The van der Waals surface area contributed by atoms with E-state index in [0.717, 1.165) is 18.6 Å². The van der Waals surface area contributed by atoms with Gasteiger partial charge in [-0.1, -0.05) is 0 Å². The quantitative estimate of drug-likeness (QED) is 0.231. The van der Waals surface area contributed by atoms with Gasteiger partial charge in [0.2, 0.25) is 5.60 Å². The van der Waals surface area contributed by atoms with E-state index < -0.39 is 47.5 Å². The minimum Gasteiger partial charge on any atom is -0.493 e. The molecule has 1 aromatic heterocycles. The summed E-state index contributed by atoms with van der Waals surface area (Å²) in [4.78, 5) is 17.3. The van der Waals surface area contributed by atoms with E-state index >= 15 is 0 Å². The zero-order valence-electron chi connectivity index (χ0n) is 22.8. The molecule has 5 rings (SSSR count). The fourth-order valence-corrected chi connectivity index (χ4v) is 5.45. The number of halogens is 4. The molecule has 3 N–H and O–H groups in total. The van der Waals surface area contributed by atoms with Crippen molar-refractivity contribution in [3.63, 3.8) is 0 Å². The molecule has 2 aromatic carbocycles. The van der Waals surface area contributed by atoms with Crippen LogP contribution in [0.4, 0.5) is 17.6 Å². The first kappa shape index (κ1) is 29.7. The van der Waals surface area contributed by atoms with Crippen LogP contribution in [0.2, 0.25) is 0 Å². The van der Waals surface area contributed by atoms with Crippen LogP contribution >= 0.6 is 0 Å². The zero-order chi connectivity index (χ0) is 30.1. The van der Waals surface area contributed by atoms with Crippen LogP contribution in [0, 0.1) is 5.82 Å². The number of nitrogens with zero attached hydrogens (tertiary/aromatic N) is 1. The third kappa shape index (κ3) is 5.41. The number of nitrogens with one attached hydrogen (secondary N) is 1. The summed E-state index contributed by atoms with van der Waals surface area (Å²) in [5.41, 5.74) is -4.05. The topological polar surface area (TPSA) is 110 Å². The maximum atomic E-state index is 14.7. The number of Topliss-reactive ketones (excluding diaryl/α,β-unsaturated/α-hetero) is 1. The number of carbonyl (C=O) groups excluding carboxylic acids is 1. The second kappa shape index (κ2) is 11.5. The maximum absolute atomic E-state index is 14.7. The van der Waals surface area contributed by atoms with Crippen LogP contribution in [-0.2, 0) is 11.1 Å². The lowest BCUT2D eigenvalue weighted by Gasteiger charge is -2.31. The van der Waals surface area contributed by atoms with Crippen molar-refractivity contribution in [2.24, 2.45) is 0 Å². The molecule has 42 heavy (non-hydrogen) atoms. The Morgan fingerprint density at radius 2 is 1.90 bits per heavy atom. The maximum Gasteiger partial charge on any atom is 0.422 e. The van der Waals surface area contributed by atoms with Crippen LogP contribution in [0.15, 0.2) is 48.5 Å². The highest BCUT2D eigenvalue weighted by atomic mass is 19.4. The summed E-state index contributed by atoms with van der Waals surface area (Å²) in [5, 5.41) is 23.6. The van der Waals surface area contributed by atoms with E-state index in [1.54, 1.807) is 0 Å². The van der Waals surface area contributed by atoms with E-state index in [4.69, 9.17) is 19.3 Å². The summed E-state index contributed by atoms with van der Waals surface area (Å²) in [7, 11) is 1.34. The standard InChI is InChI=1S/C30H30F4N2O6/c1-40-24-15-19(5-8-23(24)41-14-13-37)22(38)9-11-29(39,30(32,33)34)25-16-21-27(42-17-28(21)10-2-12-35-28)26(36-25)18-3-6-20(31)7-4-18/h3-8,15-16,35,37,39H,2,9-14,17H2,1H3. The predicted octanol–water partition coefficient (Wildman–Crippen LogP) is 4.65. The molecule has 0 bridgehead atoms. The molecule has 0 amide bonds. The van der Waals surface area contributed by atoms with Gasteiger partial charge in [-0.2, -0.15) is 13.2 Å². The average molecular weight is 591 g/mol. The van der Waals surface area contributed by atoms with Gasteiger partial charge in [-0.3, -0.25) is 4.79 Å². The number of fused-ring (bicyclic) bond motifs is 2. The molecule has 1 spiro atoms. The van der Waals surface area contributed by atoms with Crippen molar-refractivity contribution in [3.05, 3.63) is 71.2 Å². The number of hydrogen-bond acceptors (Lipinski definition) is 8. The molecule has 1 saturated heterocycles. The largest absolute Gasteiger partial charge is 0.493 e. The molecule has 0 radical (unpaired) electrons. The molecule has 1 fully saturated rings. The van der Waals surface area contributed by atoms with Crippen LogP contribution in [0.3, 0.4) is 0 Å². The summed E-state index contributed by atoms with van der Waals surface area (Å²) >= 11 is 0.